The average molecular weight is 538 g/mol. The van der Waals surface area contributed by atoms with Gasteiger partial charge in [0.05, 0.1) is 41.8 Å². The van der Waals surface area contributed by atoms with Gasteiger partial charge in [0.1, 0.15) is 0 Å². The number of nitrogens with zero attached hydrogens (tertiary/aromatic N) is 3. The van der Waals surface area contributed by atoms with Crippen LogP contribution >= 0.6 is 11.6 Å². The van der Waals surface area contributed by atoms with Gasteiger partial charge in [-0.05, 0) is 56.4 Å². The fourth-order valence-corrected chi connectivity index (χ4v) is 6.00. The predicted molar refractivity (Wildman–Crippen MR) is 143 cm³/mol. The summed E-state index contributed by atoms with van der Waals surface area (Å²) in [6.07, 6.45) is 3.04. The Morgan fingerprint density at radius 1 is 0.947 bits per heavy atom. The Bertz CT molecular complexity index is 1260. The normalized spacial score (nSPS) is 21.5. The van der Waals surface area contributed by atoms with Crippen LogP contribution in [0.5, 0.6) is 0 Å². The molecule has 2 atom stereocenters. The van der Waals surface area contributed by atoms with Crippen LogP contribution in [0.25, 0.3) is 0 Å². The molecule has 2 aromatic rings. The van der Waals surface area contributed by atoms with Gasteiger partial charge in [0.25, 0.3) is 11.8 Å². The molecule has 3 aliphatic heterocycles. The second-order valence-corrected chi connectivity index (χ2v) is 10.6. The van der Waals surface area contributed by atoms with Gasteiger partial charge in [0.15, 0.2) is 0 Å². The highest BCUT2D eigenvalue weighted by atomic mass is 35.5. The van der Waals surface area contributed by atoms with E-state index in [-0.39, 0.29) is 42.1 Å². The van der Waals surface area contributed by atoms with Crippen molar-refractivity contribution in [3.8, 4) is 0 Å². The van der Waals surface area contributed by atoms with Crippen molar-refractivity contribution < 1.29 is 23.9 Å². The number of imide groups is 1. The Morgan fingerprint density at radius 3 is 2.50 bits per heavy atom. The molecule has 5 rings (SSSR count). The molecular weight excluding hydrogens is 506 g/mol. The monoisotopic (exact) mass is 537 g/mol. The molecule has 3 heterocycles. The number of hydrogen-bond acceptors (Lipinski definition) is 6. The maximum Gasteiger partial charge on any atom is 0.310 e. The number of hydrogen-bond donors (Lipinski definition) is 0. The molecule has 2 fully saturated rings. The van der Waals surface area contributed by atoms with Gasteiger partial charge < -0.3 is 14.5 Å². The minimum atomic E-state index is -0.345. The Hall–Kier alpha value is -3.39. The fourth-order valence-electron chi connectivity index (χ4n) is 5.81. The molecule has 0 N–H and O–H groups in total. The molecule has 3 amide bonds. The zero-order valence-corrected chi connectivity index (χ0v) is 22.3. The minimum absolute atomic E-state index is 0.0408. The van der Waals surface area contributed by atoms with Crippen LogP contribution in [0.4, 0.5) is 5.69 Å². The number of halogens is 1. The van der Waals surface area contributed by atoms with Crippen molar-refractivity contribution >= 4 is 41.0 Å². The lowest BCUT2D eigenvalue weighted by Gasteiger charge is -2.39. The molecule has 9 heteroatoms. The van der Waals surface area contributed by atoms with Gasteiger partial charge in [-0.3, -0.25) is 24.1 Å². The van der Waals surface area contributed by atoms with E-state index in [4.69, 9.17) is 16.3 Å². The Morgan fingerprint density at radius 2 is 1.71 bits per heavy atom. The molecule has 2 aromatic carbocycles. The number of amides is 3. The summed E-state index contributed by atoms with van der Waals surface area (Å²) >= 11 is 6.30. The first-order valence-electron chi connectivity index (χ1n) is 13.3. The Balaban J connectivity index is 1.32. The van der Waals surface area contributed by atoms with E-state index in [1.165, 1.54) is 4.90 Å². The number of rotatable bonds is 6. The maximum absolute atomic E-state index is 13.5. The van der Waals surface area contributed by atoms with Gasteiger partial charge in [-0.1, -0.05) is 35.9 Å². The lowest BCUT2D eigenvalue weighted by Crippen LogP contribution is -2.49. The highest BCUT2D eigenvalue weighted by Gasteiger charge is 2.40. The molecule has 200 valence electrons. The number of likely N-dealkylation sites (tertiary alicyclic amines) is 1. The van der Waals surface area contributed by atoms with E-state index >= 15 is 0 Å². The third-order valence-electron chi connectivity index (χ3n) is 7.73. The van der Waals surface area contributed by atoms with Crippen molar-refractivity contribution in [3.63, 3.8) is 0 Å². The lowest BCUT2D eigenvalue weighted by atomic mass is 9.92. The second kappa shape index (κ2) is 11.2. The molecule has 0 spiro atoms. The molecule has 0 aromatic heterocycles. The number of esters is 1. The summed E-state index contributed by atoms with van der Waals surface area (Å²) in [6.45, 7) is 4.39. The number of carbonyl (C=O) groups is 4. The number of carbonyl (C=O) groups excluding carboxylic acids is 4. The first-order chi connectivity index (χ1) is 18.4. The third-order valence-corrected chi connectivity index (χ3v) is 8.10. The second-order valence-electron chi connectivity index (χ2n) is 10.1. The molecule has 2 saturated heterocycles. The largest absolute Gasteiger partial charge is 0.466 e. The molecule has 3 aliphatic rings. The zero-order valence-electron chi connectivity index (χ0n) is 21.5. The van der Waals surface area contributed by atoms with Crippen molar-refractivity contribution in [1.82, 2.24) is 9.80 Å². The van der Waals surface area contributed by atoms with Crippen LogP contribution in [-0.2, 0) is 20.9 Å². The van der Waals surface area contributed by atoms with Gasteiger partial charge in [-0.15, -0.1) is 0 Å². The van der Waals surface area contributed by atoms with Crippen molar-refractivity contribution in [1.29, 1.82) is 0 Å². The Kier molecular flexibility index (Phi) is 7.70. The van der Waals surface area contributed by atoms with Gasteiger partial charge >= 0.3 is 5.97 Å². The molecule has 0 bridgehead atoms. The molecular formula is C29H32ClN3O5. The van der Waals surface area contributed by atoms with E-state index < -0.39 is 0 Å². The van der Waals surface area contributed by atoms with Crippen molar-refractivity contribution in [2.75, 3.05) is 37.7 Å². The fraction of sp³-hybridized carbons (Fsp3) is 0.448. The quantitative estimate of drug-likeness (QED) is 0.406. The van der Waals surface area contributed by atoms with E-state index in [0.29, 0.717) is 60.2 Å². The standard InChI is InChI=1S/C29H32ClN3O5/c1-2-38-29(37)21-10-7-15-32(17-21)26(34)20-9-6-14-31(16-20)24-13-5-11-22-25(24)28(36)33(27(22)35)18-19-8-3-4-12-23(19)30/h3-5,8,11-13,20-21H,2,6-7,9-10,14-18H2,1H3/t20-,21-/m0/s1. The number of benzene rings is 2. The molecule has 8 nitrogen and oxygen atoms in total. The molecule has 38 heavy (non-hydrogen) atoms. The molecule has 0 saturated carbocycles. The minimum Gasteiger partial charge on any atom is -0.466 e. The van der Waals surface area contributed by atoms with Crippen LogP contribution in [0.2, 0.25) is 5.02 Å². The van der Waals surface area contributed by atoms with E-state index in [0.717, 1.165) is 25.7 Å². The molecule has 0 unspecified atom stereocenters. The van der Waals surface area contributed by atoms with Crippen molar-refractivity contribution in [2.45, 2.75) is 39.2 Å². The van der Waals surface area contributed by atoms with Gasteiger partial charge in [0.2, 0.25) is 5.91 Å². The summed E-state index contributed by atoms with van der Waals surface area (Å²) in [7, 11) is 0. The Labute approximate surface area is 227 Å². The molecule has 0 radical (unpaired) electrons. The first kappa shape index (κ1) is 26.2. The topological polar surface area (TPSA) is 87.2 Å². The smallest absolute Gasteiger partial charge is 0.310 e. The average Bonchev–Trinajstić information content (AvgIpc) is 3.19. The number of piperidine rings is 2. The third kappa shape index (κ3) is 5.01. The van der Waals surface area contributed by atoms with E-state index in [1.54, 1.807) is 42.2 Å². The highest BCUT2D eigenvalue weighted by Crippen LogP contribution is 2.35. The van der Waals surface area contributed by atoms with Gasteiger partial charge in [-0.25, -0.2) is 0 Å². The van der Waals surface area contributed by atoms with E-state index in [2.05, 4.69) is 4.90 Å². The van der Waals surface area contributed by atoms with Crippen LogP contribution in [0.3, 0.4) is 0 Å². The summed E-state index contributed by atoms with van der Waals surface area (Å²) in [6, 6.07) is 12.5. The number of anilines is 1. The lowest BCUT2D eigenvalue weighted by molar-refractivity contribution is -0.152. The van der Waals surface area contributed by atoms with Crippen molar-refractivity contribution in [3.05, 3.63) is 64.2 Å². The summed E-state index contributed by atoms with van der Waals surface area (Å²) in [5.41, 5.74) is 2.15. The SMILES string of the molecule is CCOC(=O)[C@H]1CCCN(C(=O)[C@H]2CCCN(c3cccc4c3C(=O)N(Cc3ccccc3Cl)C4=O)C2)C1. The van der Waals surface area contributed by atoms with E-state index in [1.807, 2.05) is 12.1 Å². The summed E-state index contributed by atoms with van der Waals surface area (Å²) < 4.78 is 5.19. The summed E-state index contributed by atoms with van der Waals surface area (Å²) in [5, 5.41) is 0.504. The summed E-state index contributed by atoms with van der Waals surface area (Å²) in [5.74, 6) is -1.40. The summed E-state index contributed by atoms with van der Waals surface area (Å²) in [4.78, 5) is 57.6. The van der Waals surface area contributed by atoms with Crippen LogP contribution in [0.1, 0.15) is 58.9 Å². The van der Waals surface area contributed by atoms with Gasteiger partial charge in [0, 0.05) is 31.2 Å². The van der Waals surface area contributed by atoms with Gasteiger partial charge in [-0.2, -0.15) is 0 Å². The van der Waals surface area contributed by atoms with E-state index in [9.17, 15) is 19.2 Å². The predicted octanol–water partition coefficient (Wildman–Crippen LogP) is 4.15. The highest BCUT2D eigenvalue weighted by molar-refractivity contribution is 6.31. The molecule has 0 aliphatic carbocycles. The van der Waals surface area contributed by atoms with Crippen molar-refractivity contribution in [2.24, 2.45) is 11.8 Å². The number of ether oxygens (including phenoxy) is 1. The zero-order chi connectivity index (χ0) is 26.8. The number of fused-ring (bicyclic) bond motifs is 1. The first-order valence-corrected chi connectivity index (χ1v) is 13.7. The van der Waals surface area contributed by atoms with Crippen LogP contribution in [-0.4, -0.2) is 66.3 Å². The van der Waals surface area contributed by atoms with Crippen LogP contribution in [0, 0.1) is 11.8 Å². The van der Waals surface area contributed by atoms with Crippen LogP contribution in [0.15, 0.2) is 42.5 Å². The van der Waals surface area contributed by atoms with Crippen LogP contribution < -0.4 is 4.90 Å². The maximum atomic E-state index is 13.5.